The highest BCUT2D eigenvalue weighted by molar-refractivity contribution is 6.08. The Morgan fingerprint density at radius 2 is 0.734 bits per heavy atom. The molecule has 11 aromatic carbocycles. The van der Waals surface area contributed by atoms with Crippen LogP contribution in [0.25, 0.3) is 66.1 Å². The first-order valence-electron chi connectivity index (χ1n) is 22.2. The average molecular weight is 814 g/mol. The van der Waals surface area contributed by atoms with Gasteiger partial charge in [-0.25, -0.2) is 0 Å². The molecular formula is C63H43N. The van der Waals surface area contributed by atoms with Crippen molar-refractivity contribution < 1.29 is 0 Å². The van der Waals surface area contributed by atoms with Crippen LogP contribution in [-0.4, -0.2) is 0 Å². The molecule has 0 saturated heterocycles. The van der Waals surface area contributed by atoms with Crippen LogP contribution >= 0.6 is 0 Å². The molecule has 0 N–H and O–H groups in total. The van der Waals surface area contributed by atoms with Crippen molar-refractivity contribution in [2.75, 3.05) is 4.90 Å². The fraction of sp³-hybridized carbons (Fsp3) is 0.0159. The standard InChI is InChI=1S/C63H43N/c1-5-17-44(18-6-1)50-39-51(45-19-7-2-8-20-45)41-56(40-50)64(54-35-33-46(34-36-54)49-32-31-48-30-29-47-21-13-14-26-57(47)60(48)42-49)55-37-38-59-58-27-15-16-28-61(58)63(62(59)43-55,52-22-9-3-10-23-52)53-24-11-4-12-25-53/h1-43H. The highest BCUT2D eigenvalue weighted by Crippen LogP contribution is 2.57. The number of nitrogens with zero attached hydrogens (tertiary/aromatic N) is 1. The molecule has 0 heterocycles. The van der Waals surface area contributed by atoms with Gasteiger partial charge in [-0.05, 0) is 137 Å². The van der Waals surface area contributed by atoms with Crippen molar-refractivity contribution in [2.24, 2.45) is 0 Å². The van der Waals surface area contributed by atoms with Gasteiger partial charge in [-0.2, -0.15) is 0 Å². The predicted octanol–water partition coefficient (Wildman–Crippen LogP) is 16.8. The summed E-state index contributed by atoms with van der Waals surface area (Å²) >= 11 is 0. The van der Waals surface area contributed by atoms with Crippen molar-refractivity contribution >= 4 is 38.6 Å². The summed E-state index contributed by atoms with van der Waals surface area (Å²) in [5.41, 5.74) is 17.4. The second kappa shape index (κ2) is 15.6. The van der Waals surface area contributed by atoms with Gasteiger partial charge in [0.15, 0.2) is 0 Å². The quantitative estimate of drug-likeness (QED) is 0.138. The Labute approximate surface area is 374 Å². The Hall–Kier alpha value is -8.26. The highest BCUT2D eigenvalue weighted by Gasteiger charge is 2.46. The van der Waals surface area contributed by atoms with E-state index in [2.05, 4.69) is 266 Å². The number of rotatable bonds is 8. The number of benzene rings is 11. The van der Waals surface area contributed by atoms with Gasteiger partial charge in [0.2, 0.25) is 0 Å². The van der Waals surface area contributed by atoms with Crippen LogP contribution in [0, 0.1) is 0 Å². The van der Waals surface area contributed by atoms with Crippen LogP contribution < -0.4 is 4.90 Å². The summed E-state index contributed by atoms with van der Waals surface area (Å²) in [6.07, 6.45) is 0. The van der Waals surface area contributed by atoms with E-state index in [0.717, 1.165) is 17.1 Å². The minimum atomic E-state index is -0.526. The summed E-state index contributed by atoms with van der Waals surface area (Å²) in [4.78, 5) is 2.46. The molecule has 0 fully saturated rings. The van der Waals surface area contributed by atoms with Gasteiger partial charge >= 0.3 is 0 Å². The smallest absolute Gasteiger partial charge is 0.0714 e. The third-order valence-electron chi connectivity index (χ3n) is 13.3. The van der Waals surface area contributed by atoms with Gasteiger partial charge in [0.25, 0.3) is 0 Å². The molecule has 1 nitrogen and oxygen atoms in total. The third kappa shape index (κ3) is 6.24. The summed E-state index contributed by atoms with van der Waals surface area (Å²) in [5.74, 6) is 0. The first kappa shape index (κ1) is 37.5. The molecule has 0 aromatic heterocycles. The maximum atomic E-state index is 2.47. The van der Waals surface area contributed by atoms with Gasteiger partial charge in [0.1, 0.15) is 0 Å². The normalized spacial score (nSPS) is 12.5. The molecule has 0 unspecified atom stereocenters. The molecule has 11 aromatic rings. The van der Waals surface area contributed by atoms with Gasteiger partial charge in [0, 0.05) is 17.1 Å². The topological polar surface area (TPSA) is 3.24 Å². The molecule has 1 heteroatoms. The molecule has 1 aliphatic rings. The maximum Gasteiger partial charge on any atom is 0.0714 e. The molecule has 0 radical (unpaired) electrons. The zero-order valence-corrected chi connectivity index (χ0v) is 35.3. The van der Waals surface area contributed by atoms with Crippen molar-refractivity contribution in [1.29, 1.82) is 0 Å². The van der Waals surface area contributed by atoms with E-state index in [1.54, 1.807) is 0 Å². The zero-order valence-electron chi connectivity index (χ0n) is 35.3. The summed E-state index contributed by atoms with van der Waals surface area (Å²) in [5, 5.41) is 5.05. The van der Waals surface area contributed by atoms with E-state index in [1.807, 2.05) is 0 Å². The second-order valence-corrected chi connectivity index (χ2v) is 16.9. The van der Waals surface area contributed by atoms with E-state index in [4.69, 9.17) is 0 Å². The van der Waals surface area contributed by atoms with Crippen LogP contribution in [0.15, 0.2) is 261 Å². The zero-order chi connectivity index (χ0) is 42.5. The predicted molar refractivity (Wildman–Crippen MR) is 270 cm³/mol. The van der Waals surface area contributed by atoms with Gasteiger partial charge < -0.3 is 4.90 Å². The molecule has 0 spiro atoms. The average Bonchev–Trinajstić information content (AvgIpc) is 3.68. The first-order chi connectivity index (χ1) is 31.7. The third-order valence-corrected chi connectivity index (χ3v) is 13.3. The van der Waals surface area contributed by atoms with E-state index in [9.17, 15) is 0 Å². The van der Waals surface area contributed by atoms with Crippen LogP contribution in [0.3, 0.4) is 0 Å². The van der Waals surface area contributed by atoms with Gasteiger partial charge in [-0.1, -0.05) is 212 Å². The summed E-state index contributed by atoms with van der Waals surface area (Å²) < 4.78 is 0. The fourth-order valence-electron chi connectivity index (χ4n) is 10.3. The van der Waals surface area contributed by atoms with Crippen molar-refractivity contribution in [2.45, 2.75) is 5.41 Å². The van der Waals surface area contributed by atoms with E-state index in [-0.39, 0.29) is 0 Å². The molecule has 0 aliphatic heterocycles. The van der Waals surface area contributed by atoms with Crippen LogP contribution in [0.4, 0.5) is 17.1 Å². The number of hydrogen-bond acceptors (Lipinski definition) is 1. The molecule has 0 amide bonds. The lowest BCUT2D eigenvalue weighted by Crippen LogP contribution is -2.28. The molecule has 0 atom stereocenters. The first-order valence-corrected chi connectivity index (χ1v) is 22.2. The molecule has 12 rings (SSSR count). The van der Waals surface area contributed by atoms with Crippen molar-refractivity contribution in [3.05, 3.63) is 283 Å². The van der Waals surface area contributed by atoms with E-state index in [0.29, 0.717) is 0 Å². The molecule has 300 valence electrons. The monoisotopic (exact) mass is 813 g/mol. The van der Waals surface area contributed by atoms with Crippen LogP contribution in [0.2, 0.25) is 0 Å². The van der Waals surface area contributed by atoms with Crippen LogP contribution in [-0.2, 0) is 5.41 Å². The van der Waals surface area contributed by atoms with Gasteiger partial charge in [0.05, 0.1) is 5.41 Å². The second-order valence-electron chi connectivity index (χ2n) is 16.9. The summed E-state index contributed by atoms with van der Waals surface area (Å²) in [6, 6.07) is 96.0. The van der Waals surface area contributed by atoms with Crippen molar-refractivity contribution in [3.63, 3.8) is 0 Å². The Balaban J connectivity index is 1.09. The maximum absolute atomic E-state index is 2.47. The Kier molecular flexibility index (Phi) is 9.13. The Morgan fingerprint density at radius 3 is 1.39 bits per heavy atom. The van der Waals surface area contributed by atoms with Gasteiger partial charge in [-0.3, -0.25) is 0 Å². The van der Waals surface area contributed by atoms with E-state index < -0.39 is 5.41 Å². The molecule has 1 aliphatic carbocycles. The Bertz CT molecular complexity index is 3370. The minimum Gasteiger partial charge on any atom is -0.310 e. The van der Waals surface area contributed by atoms with Crippen LogP contribution in [0.1, 0.15) is 22.3 Å². The molecule has 0 bridgehead atoms. The van der Waals surface area contributed by atoms with Crippen LogP contribution in [0.5, 0.6) is 0 Å². The lowest BCUT2D eigenvalue weighted by Gasteiger charge is -2.35. The fourth-order valence-corrected chi connectivity index (χ4v) is 10.3. The largest absolute Gasteiger partial charge is 0.310 e. The summed E-state index contributed by atoms with van der Waals surface area (Å²) in [7, 11) is 0. The molecule has 0 saturated carbocycles. The number of fused-ring (bicyclic) bond motifs is 6. The molecular weight excluding hydrogens is 771 g/mol. The molecule has 64 heavy (non-hydrogen) atoms. The van der Waals surface area contributed by atoms with Crippen molar-refractivity contribution in [1.82, 2.24) is 0 Å². The lowest BCUT2D eigenvalue weighted by atomic mass is 9.67. The number of anilines is 3. The SMILES string of the molecule is c1ccc(-c2cc(-c3ccccc3)cc(N(c3ccc(-c4ccc5ccc6ccccc6c5c4)cc3)c3ccc4c(c3)C(c3ccccc3)(c3ccccc3)c3ccccc3-4)c2)cc1. The highest BCUT2D eigenvalue weighted by atomic mass is 15.1. The number of hydrogen-bond donors (Lipinski definition) is 0. The lowest BCUT2D eigenvalue weighted by molar-refractivity contribution is 0.768. The van der Waals surface area contributed by atoms with E-state index in [1.165, 1.54) is 88.3 Å². The van der Waals surface area contributed by atoms with Gasteiger partial charge in [-0.15, -0.1) is 0 Å². The van der Waals surface area contributed by atoms with Crippen molar-refractivity contribution in [3.8, 4) is 44.5 Å². The Morgan fingerprint density at radius 1 is 0.250 bits per heavy atom. The van der Waals surface area contributed by atoms with E-state index >= 15 is 0 Å². The minimum absolute atomic E-state index is 0.526. The summed E-state index contributed by atoms with van der Waals surface area (Å²) in [6.45, 7) is 0.